The van der Waals surface area contributed by atoms with Crippen LogP contribution in [0.4, 0.5) is 5.69 Å². The van der Waals surface area contributed by atoms with Gasteiger partial charge in [0.25, 0.3) is 15.9 Å². The second kappa shape index (κ2) is 11.6. The molecule has 8 rings (SSSR count). The lowest BCUT2D eigenvalue weighted by Crippen LogP contribution is -3.00. The van der Waals surface area contributed by atoms with Crippen LogP contribution in [0.15, 0.2) is 46.5 Å². The summed E-state index contributed by atoms with van der Waals surface area (Å²) in [5.41, 5.74) is 7.14. The summed E-state index contributed by atoms with van der Waals surface area (Å²) < 4.78 is 31.3. The number of nitrogens with two attached hydrogens (primary N) is 1. The lowest BCUT2D eigenvalue weighted by molar-refractivity contribution is -1.08. The standard InChI is InChI=1S/C31H37N5O7S.2ClH/c1-18-22(29(31(40)41)34-28(18)26(19(2)37)30(34)39)16-33-23-5-3-4-21-14-20(15-24(27(21)23)44(33,42)43)6-7-35-8-11-36(12-9-35,13-10-35)17-25(32)38;;/h3-5,14-15,18-19,26,28,37H,6-13,16-17H2,1-2H3,(H-2,32,38,40,41);2*1H/t18-,19+,26+,28+,35?,36?;;/m0../s1. The molecule has 12 nitrogen and oxygen atoms in total. The first-order chi connectivity index (χ1) is 20.8. The summed E-state index contributed by atoms with van der Waals surface area (Å²) in [5, 5.41) is 21.7. The van der Waals surface area contributed by atoms with E-state index in [0.717, 1.165) is 65.7 Å². The van der Waals surface area contributed by atoms with Gasteiger partial charge in [0.2, 0.25) is 5.91 Å². The predicted octanol–water partition coefficient (Wildman–Crippen LogP) is -5.76. The Kier molecular flexibility index (Phi) is 8.70. The SMILES string of the molecule is C[C@@H](O)[C@H]1C(=O)N2C(C(=O)O)=C(CN3c4cccc5cc(CC[N+]67CC[N+](CC(N)=O)(CC6)CC7)cc(c45)S3(=O)=O)[C@H](C)[C@H]12.[Cl-].[Cl-]. The van der Waals surface area contributed by atoms with Gasteiger partial charge in [-0.25, -0.2) is 13.2 Å². The Balaban J connectivity index is 0.00000208. The molecule has 4 fully saturated rings. The molecule has 0 unspecified atom stereocenters. The number of aliphatic hydroxyl groups is 1. The number of carboxylic acids is 1. The van der Waals surface area contributed by atoms with E-state index in [1.807, 2.05) is 12.1 Å². The molecule has 0 aromatic heterocycles. The van der Waals surface area contributed by atoms with E-state index >= 15 is 0 Å². The smallest absolute Gasteiger partial charge is 0.352 e. The van der Waals surface area contributed by atoms with Crippen molar-refractivity contribution in [2.75, 3.05) is 63.2 Å². The minimum absolute atomic E-state index is 0. The number of carboxylic acid groups (broad SMARTS) is 1. The zero-order valence-electron chi connectivity index (χ0n) is 25.7. The van der Waals surface area contributed by atoms with Crippen molar-refractivity contribution in [2.24, 2.45) is 17.6 Å². The molecule has 2 bridgehead atoms. The van der Waals surface area contributed by atoms with Gasteiger partial charge in [-0.15, -0.1) is 0 Å². The molecule has 2 aromatic rings. The number of nitrogens with zero attached hydrogens (tertiary/aromatic N) is 4. The Bertz CT molecular complexity index is 1760. The van der Waals surface area contributed by atoms with Crippen LogP contribution in [-0.4, -0.2) is 121 Å². The molecule has 46 heavy (non-hydrogen) atoms. The number of aliphatic hydroxyl groups excluding tert-OH is 1. The first-order valence-electron chi connectivity index (χ1n) is 15.3. The number of carbonyl (C=O) groups excluding carboxylic acids is 2. The first kappa shape index (κ1) is 34.4. The van der Waals surface area contributed by atoms with Crippen LogP contribution in [0.5, 0.6) is 0 Å². The van der Waals surface area contributed by atoms with Crippen LogP contribution < -0.4 is 34.9 Å². The second-order valence-corrected chi connectivity index (χ2v) is 15.4. The van der Waals surface area contributed by atoms with Crippen LogP contribution >= 0.6 is 0 Å². The van der Waals surface area contributed by atoms with Crippen molar-refractivity contribution < 1.29 is 66.8 Å². The highest BCUT2D eigenvalue weighted by atomic mass is 35.5. The largest absolute Gasteiger partial charge is 1.00 e. The summed E-state index contributed by atoms with van der Waals surface area (Å²) in [7, 11) is -4.01. The molecule has 4 saturated heterocycles. The number of sulfonamides is 1. The molecule has 4 N–H and O–H groups in total. The molecule has 6 aliphatic heterocycles. The highest BCUT2D eigenvalue weighted by molar-refractivity contribution is 7.93. The van der Waals surface area contributed by atoms with Gasteiger partial charge in [-0.05, 0) is 35.6 Å². The van der Waals surface area contributed by atoms with E-state index < -0.39 is 45.9 Å². The number of β-lactam (4-membered cyclic amide) rings is 1. The fraction of sp³-hybridized carbons (Fsp3) is 0.516. The van der Waals surface area contributed by atoms with E-state index in [1.54, 1.807) is 19.1 Å². The third-order valence-corrected chi connectivity index (χ3v) is 12.9. The maximum Gasteiger partial charge on any atom is 0.352 e. The number of rotatable bonds is 9. The Morgan fingerprint density at radius 3 is 2.28 bits per heavy atom. The number of anilines is 1. The van der Waals surface area contributed by atoms with Crippen molar-refractivity contribution in [1.29, 1.82) is 0 Å². The fourth-order valence-corrected chi connectivity index (χ4v) is 10.4. The molecule has 0 radical (unpaired) electrons. The number of quaternary nitrogens is 2. The number of fused-ring (bicyclic) bond motifs is 4. The number of hydrogen-bond donors (Lipinski definition) is 3. The molecule has 250 valence electrons. The van der Waals surface area contributed by atoms with Crippen LogP contribution in [0.25, 0.3) is 10.8 Å². The summed E-state index contributed by atoms with van der Waals surface area (Å²) in [6.07, 6.45) is -0.228. The van der Waals surface area contributed by atoms with Crippen LogP contribution in [0.3, 0.4) is 0 Å². The van der Waals surface area contributed by atoms with E-state index in [9.17, 15) is 33.0 Å². The van der Waals surface area contributed by atoms with E-state index in [1.165, 1.54) is 16.1 Å². The van der Waals surface area contributed by atoms with Crippen molar-refractivity contribution in [3.8, 4) is 0 Å². The van der Waals surface area contributed by atoms with E-state index in [2.05, 4.69) is 6.07 Å². The van der Waals surface area contributed by atoms with Gasteiger partial charge in [-0.3, -0.25) is 13.9 Å². The monoisotopic (exact) mass is 695 g/mol. The van der Waals surface area contributed by atoms with Crippen LogP contribution in [0.2, 0.25) is 0 Å². The molecule has 6 aliphatic rings. The third kappa shape index (κ3) is 4.98. The molecule has 2 amide bonds. The highest BCUT2D eigenvalue weighted by Crippen LogP contribution is 2.49. The molecular weight excluding hydrogens is 657 g/mol. The fourth-order valence-electron chi connectivity index (χ4n) is 8.62. The summed E-state index contributed by atoms with van der Waals surface area (Å²) in [6, 6.07) is 8.77. The van der Waals surface area contributed by atoms with Gasteiger partial charge >= 0.3 is 5.97 Å². The molecule has 4 atom stereocenters. The maximum atomic E-state index is 14.2. The van der Waals surface area contributed by atoms with Gasteiger partial charge < -0.3 is 54.6 Å². The van der Waals surface area contributed by atoms with Crippen molar-refractivity contribution in [3.63, 3.8) is 0 Å². The second-order valence-electron chi connectivity index (χ2n) is 13.5. The van der Waals surface area contributed by atoms with Gasteiger partial charge in [-0.2, -0.15) is 0 Å². The van der Waals surface area contributed by atoms with Crippen molar-refractivity contribution in [2.45, 2.75) is 37.3 Å². The number of aliphatic carboxylic acids is 1. The van der Waals surface area contributed by atoms with Gasteiger partial charge in [0, 0.05) is 17.7 Å². The summed E-state index contributed by atoms with van der Waals surface area (Å²) >= 11 is 0. The number of primary amides is 1. The minimum atomic E-state index is -4.01. The Morgan fingerprint density at radius 2 is 1.70 bits per heavy atom. The highest BCUT2D eigenvalue weighted by Gasteiger charge is 2.60. The topological polar surface area (TPSA) is 158 Å². The predicted molar refractivity (Wildman–Crippen MR) is 160 cm³/mol. The first-order valence-corrected chi connectivity index (χ1v) is 16.8. The average molecular weight is 697 g/mol. The molecule has 2 aromatic carbocycles. The zero-order valence-corrected chi connectivity index (χ0v) is 28.1. The summed E-state index contributed by atoms with van der Waals surface area (Å²) in [6.45, 7) is 10.1. The Labute approximate surface area is 280 Å². The molecular formula is C31H39Cl2N5O7S. The van der Waals surface area contributed by atoms with Gasteiger partial charge in [0.1, 0.15) is 45.0 Å². The van der Waals surface area contributed by atoms with Gasteiger partial charge in [0.05, 0.1) is 41.7 Å². The van der Waals surface area contributed by atoms with Crippen molar-refractivity contribution in [1.82, 2.24) is 4.90 Å². The number of amides is 2. The molecule has 0 aliphatic carbocycles. The molecule has 0 saturated carbocycles. The van der Waals surface area contributed by atoms with Crippen molar-refractivity contribution >= 4 is 44.3 Å². The van der Waals surface area contributed by atoms with E-state index in [0.29, 0.717) is 29.6 Å². The summed E-state index contributed by atoms with van der Waals surface area (Å²) in [4.78, 5) is 38.3. The molecule has 6 heterocycles. The normalized spacial score (nSPS) is 30.8. The van der Waals surface area contributed by atoms with Crippen molar-refractivity contribution in [3.05, 3.63) is 47.2 Å². The molecule has 0 spiro atoms. The summed E-state index contributed by atoms with van der Waals surface area (Å²) in [5.74, 6) is -3.14. The number of carbonyl (C=O) groups is 3. The van der Waals surface area contributed by atoms with Crippen LogP contribution in [0, 0.1) is 11.8 Å². The Hall–Kier alpha value is -2.94. The molecule has 15 heteroatoms. The van der Waals surface area contributed by atoms with E-state index in [-0.39, 0.29) is 47.9 Å². The number of benzene rings is 2. The maximum absolute atomic E-state index is 14.2. The van der Waals surface area contributed by atoms with Crippen LogP contribution in [-0.2, 0) is 30.8 Å². The number of halogens is 2. The average Bonchev–Trinajstić information content (AvgIpc) is 3.34. The number of piperazine rings is 3. The Morgan fingerprint density at radius 1 is 1.07 bits per heavy atom. The third-order valence-electron chi connectivity index (χ3n) is 11.2. The lowest BCUT2D eigenvalue weighted by Gasteiger charge is -2.55. The lowest BCUT2D eigenvalue weighted by atomic mass is 9.78. The number of hydrogen-bond acceptors (Lipinski definition) is 6. The zero-order chi connectivity index (χ0) is 31.3. The quantitative estimate of drug-likeness (QED) is 0.174. The van der Waals surface area contributed by atoms with Gasteiger partial charge in [-0.1, -0.05) is 25.1 Å². The van der Waals surface area contributed by atoms with E-state index in [4.69, 9.17) is 5.73 Å². The van der Waals surface area contributed by atoms with Gasteiger partial charge in [0.15, 0.2) is 6.54 Å². The minimum Gasteiger partial charge on any atom is -1.00 e. The van der Waals surface area contributed by atoms with Crippen LogP contribution in [0.1, 0.15) is 19.4 Å².